The summed E-state index contributed by atoms with van der Waals surface area (Å²) in [6, 6.07) is 3.38. The predicted octanol–water partition coefficient (Wildman–Crippen LogP) is 3.04. The SMILES string of the molecule is Oc1c([C@H](CC2CC2)N2CCNCC2)ccc(F)c1Br. The first-order valence-electron chi connectivity index (χ1n) is 7.28. The van der Waals surface area contributed by atoms with Gasteiger partial charge in [-0.3, -0.25) is 4.90 Å². The van der Waals surface area contributed by atoms with Crippen molar-refractivity contribution < 1.29 is 9.50 Å². The number of nitrogens with one attached hydrogen (secondary N) is 1. The Morgan fingerprint density at radius 3 is 2.70 bits per heavy atom. The van der Waals surface area contributed by atoms with Crippen molar-refractivity contribution in [2.45, 2.75) is 25.3 Å². The lowest BCUT2D eigenvalue weighted by Crippen LogP contribution is -2.45. The predicted molar refractivity (Wildman–Crippen MR) is 80.3 cm³/mol. The maximum Gasteiger partial charge on any atom is 0.141 e. The Labute approximate surface area is 127 Å². The van der Waals surface area contributed by atoms with Gasteiger partial charge in [-0.15, -0.1) is 0 Å². The van der Waals surface area contributed by atoms with Crippen molar-refractivity contribution in [3.8, 4) is 5.75 Å². The number of rotatable bonds is 4. The highest BCUT2D eigenvalue weighted by molar-refractivity contribution is 9.10. The minimum atomic E-state index is -0.406. The third-order valence-corrected chi connectivity index (χ3v) is 5.06. The number of hydrogen-bond donors (Lipinski definition) is 2. The van der Waals surface area contributed by atoms with E-state index in [0.717, 1.165) is 44.1 Å². The van der Waals surface area contributed by atoms with Crippen molar-refractivity contribution in [2.24, 2.45) is 5.92 Å². The van der Waals surface area contributed by atoms with E-state index in [2.05, 4.69) is 26.1 Å². The molecule has 3 nitrogen and oxygen atoms in total. The molecule has 0 radical (unpaired) electrons. The van der Waals surface area contributed by atoms with Crippen LogP contribution in [-0.2, 0) is 0 Å². The number of hydrogen-bond acceptors (Lipinski definition) is 3. The summed E-state index contributed by atoms with van der Waals surface area (Å²) < 4.78 is 13.7. The molecular weight excluding hydrogens is 323 g/mol. The van der Waals surface area contributed by atoms with Crippen molar-refractivity contribution in [1.82, 2.24) is 10.2 Å². The molecule has 110 valence electrons. The maximum absolute atomic E-state index is 13.5. The van der Waals surface area contributed by atoms with Gasteiger partial charge in [0.15, 0.2) is 0 Å². The standard InChI is InChI=1S/C15H20BrFN2O/c16-14-12(17)4-3-11(15(14)20)13(9-10-1-2-10)19-7-5-18-6-8-19/h3-4,10,13,18,20H,1-2,5-9H2/t13-/m0/s1. The van der Waals surface area contributed by atoms with Crippen LogP contribution in [0.15, 0.2) is 16.6 Å². The van der Waals surface area contributed by atoms with E-state index < -0.39 is 5.82 Å². The number of piperazine rings is 1. The first-order chi connectivity index (χ1) is 9.66. The molecule has 1 saturated carbocycles. The molecule has 1 heterocycles. The van der Waals surface area contributed by atoms with Gasteiger partial charge in [-0.05, 0) is 34.3 Å². The number of nitrogens with zero attached hydrogens (tertiary/aromatic N) is 1. The number of aromatic hydroxyl groups is 1. The van der Waals surface area contributed by atoms with Crippen molar-refractivity contribution >= 4 is 15.9 Å². The highest BCUT2D eigenvalue weighted by Gasteiger charge is 2.32. The van der Waals surface area contributed by atoms with E-state index in [9.17, 15) is 9.50 Å². The molecule has 0 bridgehead atoms. The van der Waals surface area contributed by atoms with Gasteiger partial charge in [-0.25, -0.2) is 4.39 Å². The van der Waals surface area contributed by atoms with Crippen LogP contribution in [0.4, 0.5) is 4.39 Å². The molecule has 1 aromatic carbocycles. The molecule has 1 aliphatic carbocycles. The summed E-state index contributed by atoms with van der Waals surface area (Å²) in [6.45, 7) is 3.91. The normalized spacial score (nSPS) is 21.9. The third-order valence-electron chi connectivity index (χ3n) is 4.31. The molecule has 0 spiro atoms. The lowest BCUT2D eigenvalue weighted by molar-refractivity contribution is 0.158. The first kappa shape index (κ1) is 14.3. The fourth-order valence-electron chi connectivity index (χ4n) is 2.96. The van der Waals surface area contributed by atoms with Gasteiger partial charge >= 0.3 is 0 Å². The second-order valence-corrected chi connectivity index (χ2v) is 6.57. The molecule has 1 saturated heterocycles. The lowest BCUT2D eigenvalue weighted by Gasteiger charge is -2.35. The molecule has 3 rings (SSSR count). The third kappa shape index (κ3) is 3.00. The van der Waals surface area contributed by atoms with Gasteiger partial charge in [-0.2, -0.15) is 0 Å². The molecule has 2 N–H and O–H groups in total. The van der Waals surface area contributed by atoms with E-state index in [1.807, 2.05) is 0 Å². The van der Waals surface area contributed by atoms with Gasteiger partial charge in [-0.1, -0.05) is 18.9 Å². The average molecular weight is 343 g/mol. The highest BCUT2D eigenvalue weighted by Crippen LogP contribution is 2.44. The number of benzene rings is 1. The molecule has 1 atom stereocenters. The van der Waals surface area contributed by atoms with Crippen LogP contribution in [0, 0.1) is 11.7 Å². The van der Waals surface area contributed by atoms with E-state index in [0.29, 0.717) is 0 Å². The molecule has 20 heavy (non-hydrogen) atoms. The Kier molecular flexibility index (Phi) is 4.29. The van der Waals surface area contributed by atoms with Crippen molar-refractivity contribution in [3.05, 3.63) is 28.0 Å². The van der Waals surface area contributed by atoms with Gasteiger partial charge in [0.05, 0.1) is 4.47 Å². The van der Waals surface area contributed by atoms with Crippen LogP contribution in [-0.4, -0.2) is 36.2 Å². The van der Waals surface area contributed by atoms with Crippen LogP contribution in [0.2, 0.25) is 0 Å². The Hall–Kier alpha value is -0.650. The summed E-state index contributed by atoms with van der Waals surface area (Å²) in [5, 5.41) is 13.6. The van der Waals surface area contributed by atoms with E-state index in [1.165, 1.54) is 18.9 Å². The molecule has 5 heteroatoms. The van der Waals surface area contributed by atoms with E-state index in [-0.39, 0.29) is 16.3 Å². The lowest BCUT2D eigenvalue weighted by atomic mass is 9.97. The van der Waals surface area contributed by atoms with Crippen LogP contribution in [0.5, 0.6) is 5.75 Å². The van der Waals surface area contributed by atoms with Crippen molar-refractivity contribution in [1.29, 1.82) is 0 Å². The summed E-state index contributed by atoms with van der Waals surface area (Å²) in [5.41, 5.74) is 0.854. The minimum Gasteiger partial charge on any atom is -0.506 e. The Morgan fingerprint density at radius 1 is 1.35 bits per heavy atom. The largest absolute Gasteiger partial charge is 0.506 e. The fourth-order valence-corrected chi connectivity index (χ4v) is 3.32. The summed E-state index contributed by atoms with van der Waals surface area (Å²) in [5.74, 6) is 0.420. The van der Waals surface area contributed by atoms with Crippen LogP contribution in [0.1, 0.15) is 30.9 Å². The maximum atomic E-state index is 13.5. The van der Waals surface area contributed by atoms with Gasteiger partial charge in [0.25, 0.3) is 0 Å². The smallest absolute Gasteiger partial charge is 0.141 e. The van der Waals surface area contributed by atoms with Crippen molar-refractivity contribution in [2.75, 3.05) is 26.2 Å². The summed E-state index contributed by atoms with van der Waals surface area (Å²) in [6.07, 6.45) is 3.63. The van der Waals surface area contributed by atoms with E-state index in [1.54, 1.807) is 6.07 Å². The Balaban J connectivity index is 1.89. The van der Waals surface area contributed by atoms with Crippen LogP contribution in [0.25, 0.3) is 0 Å². The van der Waals surface area contributed by atoms with Gasteiger partial charge < -0.3 is 10.4 Å². The Bertz CT molecular complexity index is 487. The summed E-state index contributed by atoms with van der Waals surface area (Å²) in [7, 11) is 0. The monoisotopic (exact) mass is 342 g/mol. The number of phenols is 1. The van der Waals surface area contributed by atoms with Crippen LogP contribution >= 0.6 is 15.9 Å². The quantitative estimate of drug-likeness (QED) is 0.882. The van der Waals surface area contributed by atoms with Gasteiger partial charge in [0, 0.05) is 37.8 Å². The molecule has 2 aliphatic rings. The second-order valence-electron chi connectivity index (χ2n) is 5.78. The molecule has 2 fully saturated rings. The molecule has 0 unspecified atom stereocenters. The Morgan fingerprint density at radius 2 is 2.05 bits per heavy atom. The second kappa shape index (κ2) is 6.00. The van der Waals surface area contributed by atoms with E-state index >= 15 is 0 Å². The molecule has 1 aliphatic heterocycles. The zero-order valence-corrected chi connectivity index (χ0v) is 13.0. The summed E-state index contributed by atoms with van der Waals surface area (Å²) in [4.78, 5) is 2.41. The fraction of sp³-hybridized carbons (Fsp3) is 0.600. The zero-order chi connectivity index (χ0) is 14.1. The van der Waals surface area contributed by atoms with Crippen molar-refractivity contribution in [3.63, 3.8) is 0 Å². The number of halogens is 2. The minimum absolute atomic E-state index is 0.0641. The molecule has 1 aromatic rings. The van der Waals surface area contributed by atoms with Gasteiger partial charge in [0.2, 0.25) is 0 Å². The molecule has 0 aromatic heterocycles. The zero-order valence-electron chi connectivity index (χ0n) is 11.4. The van der Waals surface area contributed by atoms with E-state index in [4.69, 9.17) is 0 Å². The van der Waals surface area contributed by atoms with Gasteiger partial charge in [0.1, 0.15) is 11.6 Å². The first-order valence-corrected chi connectivity index (χ1v) is 8.07. The number of phenolic OH excluding ortho intramolecular Hbond substituents is 1. The molecular formula is C15H20BrFN2O. The average Bonchev–Trinajstić information content (AvgIpc) is 3.28. The van der Waals surface area contributed by atoms with Crippen LogP contribution < -0.4 is 5.32 Å². The van der Waals surface area contributed by atoms with Crippen LogP contribution in [0.3, 0.4) is 0 Å². The summed E-state index contributed by atoms with van der Waals surface area (Å²) >= 11 is 3.15. The topological polar surface area (TPSA) is 35.5 Å². The highest BCUT2D eigenvalue weighted by atomic mass is 79.9. The molecule has 0 amide bonds.